The molecule has 0 spiro atoms. The van der Waals surface area contributed by atoms with Crippen LogP contribution in [-0.4, -0.2) is 17.2 Å². The molecular weight excluding hydrogens is 324 g/mol. The lowest BCUT2D eigenvalue weighted by atomic mass is 10.2. The fraction of sp³-hybridized carbons (Fsp3) is 0.158. The van der Waals surface area contributed by atoms with Gasteiger partial charge in [0.05, 0.1) is 17.1 Å². The molecule has 1 aromatic heterocycles. The Bertz CT molecular complexity index is 972. The highest BCUT2D eigenvalue weighted by atomic mass is 16.6. The summed E-state index contributed by atoms with van der Waals surface area (Å²) < 4.78 is 16.1. The minimum atomic E-state index is -0.789. The molecule has 0 saturated heterocycles. The third-order valence-electron chi connectivity index (χ3n) is 3.36. The van der Waals surface area contributed by atoms with Gasteiger partial charge in [-0.15, -0.1) is 0 Å². The van der Waals surface area contributed by atoms with E-state index >= 15 is 0 Å². The molecule has 0 radical (unpaired) electrons. The van der Waals surface area contributed by atoms with Crippen molar-refractivity contribution in [2.24, 2.45) is 0 Å². The zero-order valence-corrected chi connectivity index (χ0v) is 13.7. The number of hydrogen-bond acceptors (Lipinski definition) is 6. The first kappa shape index (κ1) is 16.6. The zero-order valence-electron chi connectivity index (χ0n) is 13.7. The summed E-state index contributed by atoms with van der Waals surface area (Å²) in [6.07, 6.45) is -0.327. The van der Waals surface area contributed by atoms with Gasteiger partial charge in [-0.25, -0.2) is 9.59 Å². The number of carbonyl (C=O) groups excluding carboxylic acids is 1. The van der Waals surface area contributed by atoms with Crippen LogP contribution in [0.1, 0.15) is 24.2 Å². The van der Waals surface area contributed by atoms with E-state index in [9.17, 15) is 14.7 Å². The van der Waals surface area contributed by atoms with E-state index in [1.165, 1.54) is 18.2 Å². The van der Waals surface area contributed by atoms with Gasteiger partial charge in [-0.2, -0.15) is 0 Å². The molecule has 0 aliphatic heterocycles. The van der Waals surface area contributed by atoms with E-state index in [2.05, 4.69) is 0 Å². The van der Waals surface area contributed by atoms with Crippen molar-refractivity contribution in [3.8, 4) is 17.2 Å². The highest BCUT2D eigenvalue weighted by Gasteiger charge is 2.22. The van der Waals surface area contributed by atoms with Gasteiger partial charge in [0.1, 0.15) is 11.3 Å². The molecule has 0 unspecified atom stereocenters. The first-order valence-electron chi connectivity index (χ1n) is 7.69. The average molecular weight is 340 g/mol. The number of fused-ring (bicyclic) bond motifs is 1. The topological polar surface area (TPSA) is 86.0 Å². The SMILES string of the molecule is CC(C)Oc1c(OC(=O)c2ccccc2)c2ccc(O)cc2oc1=O. The third-order valence-corrected chi connectivity index (χ3v) is 3.36. The Kier molecular flexibility index (Phi) is 4.43. The van der Waals surface area contributed by atoms with E-state index in [1.54, 1.807) is 44.2 Å². The van der Waals surface area contributed by atoms with Crippen molar-refractivity contribution in [2.45, 2.75) is 20.0 Å². The van der Waals surface area contributed by atoms with Crippen LogP contribution in [0, 0.1) is 0 Å². The van der Waals surface area contributed by atoms with Crippen molar-refractivity contribution in [3.63, 3.8) is 0 Å². The van der Waals surface area contributed by atoms with Crippen LogP contribution in [0.5, 0.6) is 17.2 Å². The molecule has 2 aromatic carbocycles. The van der Waals surface area contributed by atoms with E-state index in [-0.39, 0.29) is 28.9 Å². The van der Waals surface area contributed by atoms with Crippen LogP contribution < -0.4 is 15.1 Å². The van der Waals surface area contributed by atoms with Crippen molar-refractivity contribution in [1.82, 2.24) is 0 Å². The van der Waals surface area contributed by atoms with Crippen LogP contribution >= 0.6 is 0 Å². The highest BCUT2D eigenvalue weighted by molar-refractivity contribution is 5.95. The Morgan fingerprint density at radius 1 is 1.08 bits per heavy atom. The number of ether oxygens (including phenoxy) is 2. The van der Waals surface area contributed by atoms with Gasteiger partial charge in [0.2, 0.25) is 5.75 Å². The van der Waals surface area contributed by atoms with Crippen LogP contribution in [-0.2, 0) is 0 Å². The van der Waals surface area contributed by atoms with Gasteiger partial charge in [0.15, 0.2) is 5.75 Å². The molecular formula is C19H16O6. The first-order valence-corrected chi connectivity index (χ1v) is 7.69. The molecule has 0 aliphatic carbocycles. The van der Waals surface area contributed by atoms with E-state index < -0.39 is 11.6 Å². The van der Waals surface area contributed by atoms with E-state index in [0.29, 0.717) is 10.9 Å². The maximum atomic E-state index is 12.4. The van der Waals surface area contributed by atoms with Crippen molar-refractivity contribution >= 4 is 16.9 Å². The molecule has 0 aliphatic rings. The average Bonchev–Trinajstić information content (AvgIpc) is 2.58. The van der Waals surface area contributed by atoms with Gasteiger partial charge in [-0.05, 0) is 38.1 Å². The Hall–Kier alpha value is -3.28. The Labute approximate surface area is 143 Å². The summed E-state index contributed by atoms with van der Waals surface area (Å²) in [7, 11) is 0. The molecule has 25 heavy (non-hydrogen) atoms. The normalized spacial score (nSPS) is 10.8. The number of benzene rings is 2. The standard InChI is InChI=1S/C19H16O6/c1-11(2)23-17-16(25-18(21)12-6-4-3-5-7-12)14-9-8-13(20)10-15(14)24-19(17)22/h3-11,20H,1-2H3. The van der Waals surface area contributed by atoms with Gasteiger partial charge in [-0.1, -0.05) is 18.2 Å². The summed E-state index contributed by atoms with van der Waals surface area (Å²) in [4.78, 5) is 24.7. The predicted octanol–water partition coefficient (Wildman–Crippen LogP) is 3.51. The van der Waals surface area contributed by atoms with Gasteiger partial charge < -0.3 is 19.0 Å². The lowest BCUT2D eigenvalue weighted by molar-refractivity contribution is 0.0726. The molecule has 0 amide bonds. The van der Waals surface area contributed by atoms with Crippen molar-refractivity contribution in [2.75, 3.05) is 0 Å². The molecule has 0 saturated carbocycles. The number of hydrogen-bond donors (Lipinski definition) is 1. The second kappa shape index (κ2) is 6.68. The Morgan fingerprint density at radius 2 is 1.80 bits per heavy atom. The predicted molar refractivity (Wildman–Crippen MR) is 91.3 cm³/mol. The quantitative estimate of drug-likeness (QED) is 0.578. The highest BCUT2D eigenvalue weighted by Crippen LogP contribution is 2.35. The number of carbonyl (C=O) groups is 1. The van der Waals surface area contributed by atoms with Crippen molar-refractivity contribution in [3.05, 3.63) is 64.5 Å². The lowest BCUT2D eigenvalue weighted by Crippen LogP contribution is -2.17. The number of esters is 1. The molecule has 3 rings (SSSR count). The molecule has 1 heterocycles. The summed E-state index contributed by atoms with van der Waals surface area (Å²) in [5, 5.41) is 9.93. The van der Waals surface area contributed by atoms with Gasteiger partial charge in [0, 0.05) is 6.07 Å². The first-order chi connectivity index (χ1) is 12.0. The molecule has 0 atom stereocenters. The van der Waals surface area contributed by atoms with Crippen molar-refractivity contribution < 1.29 is 23.8 Å². The largest absolute Gasteiger partial charge is 0.508 e. The maximum absolute atomic E-state index is 12.4. The van der Waals surface area contributed by atoms with Gasteiger partial charge in [0.25, 0.3) is 0 Å². The van der Waals surface area contributed by atoms with Crippen LogP contribution in [0.15, 0.2) is 57.7 Å². The molecule has 128 valence electrons. The second-order valence-corrected chi connectivity index (χ2v) is 5.65. The van der Waals surface area contributed by atoms with Crippen molar-refractivity contribution in [1.29, 1.82) is 0 Å². The zero-order chi connectivity index (χ0) is 18.0. The minimum Gasteiger partial charge on any atom is -0.508 e. The number of rotatable bonds is 4. The van der Waals surface area contributed by atoms with E-state index in [1.807, 2.05) is 0 Å². The summed E-state index contributed by atoms with van der Waals surface area (Å²) in [6, 6.07) is 12.6. The smallest absolute Gasteiger partial charge is 0.383 e. The number of phenols is 1. The lowest BCUT2D eigenvalue weighted by Gasteiger charge is -2.14. The van der Waals surface area contributed by atoms with Gasteiger partial charge in [-0.3, -0.25) is 0 Å². The second-order valence-electron chi connectivity index (χ2n) is 5.65. The van der Waals surface area contributed by atoms with E-state index in [0.717, 1.165) is 0 Å². The molecule has 6 nitrogen and oxygen atoms in total. The third kappa shape index (κ3) is 3.47. The monoisotopic (exact) mass is 340 g/mol. The maximum Gasteiger partial charge on any atom is 0.383 e. The molecule has 3 aromatic rings. The molecule has 1 N–H and O–H groups in total. The summed E-state index contributed by atoms with van der Waals surface area (Å²) in [5.41, 5.74) is -0.363. The summed E-state index contributed by atoms with van der Waals surface area (Å²) in [5.74, 6) is -0.922. The summed E-state index contributed by atoms with van der Waals surface area (Å²) >= 11 is 0. The molecule has 0 bridgehead atoms. The van der Waals surface area contributed by atoms with Crippen LogP contribution in [0.2, 0.25) is 0 Å². The fourth-order valence-electron chi connectivity index (χ4n) is 2.31. The fourth-order valence-corrected chi connectivity index (χ4v) is 2.31. The number of aromatic hydroxyl groups is 1. The Morgan fingerprint density at radius 3 is 2.48 bits per heavy atom. The summed E-state index contributed by atoms with van der Waals surface area (Å²) in [6.45, 7) is 3.48. The molecule has 6 heteroatoms. The minimum absolute atomic E-state index is 0.0335. The molecule has 0 fully saturated rings. The van der Waals surface area contributed by atoms with Gasteiger partial charge >= 0.3 is 11.6 Å². The van der Waals surface area contributed by atoms with E-state index in [4.69, 9.17) is 13.9 Å². The van der Waals surface area contributed by atoms with Crippen LogP contribution in [0.4, 0.5) is 0 Å². The van der Waals surface area contributed by atoms with Crippen LogP contribution in [0.25, 0.3) is 11.0 Å². The number of phenolic OH excluding ortho intramolecular Hbond substituents is 1. The van der Waals surface area contributed by atoms with Crippen LogP contribution in [0.3, 0.4) is 0 Å². The Balaban J connectivity index is 2.16.